The van der Waals surface area contributed by atoms with E-state index >= 15 is 0 Å². The van der Waals surface area contributed by atoms with Crippen molar-refractivity contribution in [3.05, 3.63) is 34.6 Å². The van der Waals surface area contributed by atoms with Crippen molar-refractivity contribution in [2.45, 2.75) is 24.7 Å². The maximum absolute atomic E-state index is 13.0. The average Bonchev–Trinajstić information content (AvgIpc) is 2.07. The molecule has 3 fully saturated rings. The van der Waals surface area contributed by atoms with Crippen molar-refractivity contribution in [2.75, 3.05) is 5.88 Å². The largest absolute Gasteiger partial charge is 0.205 e. The molecule has 3 aliphatic rings. The zero-order chi connectivity index (χ0) is 10.7. The first-order chi connectivity index (χ1) is 7.09. The van der Waals surface area contributed by atoms with Crippen LogP contribution in [0.1, 0.15) is 24.8 Å². The molecular formula is C12H11Cl2F. The third-order valence-corrected chi connectivity index (χ3v) is 4.81. The molecule has 0 radical (unpaired) electrons. The summed E-state index contributed by atoms with van der Waals surface area (Å²) in [5.41, 5.74) is 1.84. The van der Waals surface area contributed by atoms with Crippen LogP contribution < -0.4 is 0 Å². The van der Waals surface area contributed by atoms with Gasteiger partial charge in [0.05, 0.1) is 5.02 Å². The molecule has 3 aliphatic carbocycles. The summed E-state index contributed by atoms with van der Waals surface area (Å²) in [7, 11) is 0. The highest BCUT2D eigenvalue weighted by Crippen LogP contribution is 2.73. The van der Waals surface area contributed by atoms with Gasteiger partial charge in [0.2, 0.25) is 0 Å². The fraction of sp³-hybridized carbons (Fsp3) is 0.500. The fourth-order valence-electron chi connectivity index (χ4n) is 3.27. The Hall–Kier alpha value is -0.270. The van der Waals surface area contributed by atoms with Crippen molar-refractivity contribution >= 4 is 23.2 Å². The van der Waals surface area contributed by atoms with Crippen molar-refractivity contribution in [3.63, 3.8) is 0 Å². The van der Waals surface area contributed by atoms with Crippen LogP contribution in [0.3, 0.4) is 0 Å². The lowest BCUT2D eigenvalue weighted by molar-refractivity contribution is -0.122. The van der Waals surface area contributed by atoms with E-state index in [1.807, 2.05) is 6.07 Å². The standard InChI is InChI=1S/C12H11Cl2F/c13-7-11-4-12(5-11,6-11)8-1-2-10(15)9(14)3-8/h1-3H,4-7H2. The van der Waals surface area contributed by atoms with Crippen LogP contribution in [0.15, 0.2) is 18.2 Å². The van der Waals surface area contributed by atoms with Crippen LogP contribution in [0, 0.1) is 11.2 Å². The Morgan fingerprint density at radius 1 is 1.27 bits per heavy atom. The highest BCUT2D eigenvalue weighted by molar-refractivity contribution is 6.30. The first-order valence-corrected chi connectivity index (χ1v) is 6.02. The summed E-state index contributed by atoms with van der Waals surface area (Å²) in [6.07, 6.45) is 3.43. The van der Waals surface area contributed by atoms with Gasteiger partial charge in [-0.3, -0.25) is 0 Å². The van der Waals surface area contributed by atoms with Crippen molar-refractivity contribution in [1.82, 2.24) is 0 Å². The summed E-state index contributed by atoms with van der Waals surface area (Å²) in [6, 6.07) is 5.10. The van der Waals surface area contributed by atoms with Gasteiger partial charge in [-0.15, -0.1) is 11.6 Å². The van der Waals surface area contributed by atoms with Gasteiger partial charge in [-0.1, -0.05) is 17.7 Å². The van der Waals surface area contributed by atoms with Gasteiger partial charge in [-0.05, 0) is 47.8 Å². The van der Waals surface area contributed by atoms with Gasteiger partial charge in [0.25, 0.3) is 0 Å². The van der Waals surface area contributed by atoms with E-state index in [2.05, 4.69) is 0 Å². The highest BCUT2D eigenvalue weighted by atomic mass is 35.5. The Labute approximate surface area is 98.4 Å². The Balaban J connectivity index is 1.88. The Morgan fingerprint density at radius 3 is 2.47 bits per heavy atom. The van der Waals surface area contributed by atoms with E-state index in [9.17, 15) is 4.39 Å². The van der Waals surface area contributed by atoms with E-state index in [0.717, 1.165) is 25.1 Å². The van der Waals surface area contributed by atoms with Crippen LogP contribution >= 0.6 is 23.2 Å². The smallest absolute Gasteiger partial charge is 0.141 e. The van der Waals surface area contributed by atoms with E-state index in [1.54, 1.807) is 6.07 Å². The number of benzene rings is 1. The quantitative estimate of drug-likeness (QED) is 0.687. The van der Waals surface area contributed by atoms with E-state index in [-0.39, 0.29) is 16.3 Å². The molecular weight excluding hydrogens is 234 g/mol. The van der Waals surface area contributed by atoms with Gasteiger partial charge in [-0.2, -0.15) is 0 Å². The summed E-state index contributed by atoms with van der Waals surface area (Å²) in [4.78, 5) is 0. The molecule has 2 bridgehead atoms. The number of hydrogen-bond donors (Lipinski definition) is 0. The normalized spacial score (nSPS) is 37.0. The van der Waals surface area contributed by atoms with Gasteiger partial charge in [0, 0.05) is 5.88 Å². The Kier molecular flexibility index (Phi) is 1.91. The van der Waals surface area contributed by atoms with E-state index in [1.165, 1.54) is 11.6 Å². The lowest BCUT2D eigenvalue weighted by Gasteiger charge is -2.71. The molecule has 1 aromatic rings. The average molecular weight is 245 g/mol. The minimum atomic E-state index is -0.334. The number of rotatable bonds is 2. The predicted octanol–water partition coefficient (Wildman–Crippen LogP) is 4.14. The van der Waals surface area contributed by atoms with Gasteiger partial charge >= 0.3 is 0 Å². The molecule has 3 saturated carbocycles. The van der Waals surface area contributed by atoms with Crippen LogP contribution in [0.4, 0.5) is 4.39 Å². The highest BCUT2D eigenvalue weighted by Gasteiger charge is 2.67. The van der Waals surface area contributed by atoms with Crippen molar-refractivity contribution < 1.29 is 4.39 Å². The van der Waals surface area contributed by atoms with Crippen LogP contribution in [0.2, 0.25) is 5.02 Å². The van der Waals surface area contributed by atoms with Gasteiger partial charge < -0.3 is 0 Å². The minimum Gasteiger partial charge on any atom is -0.205 e. The molecule has 0 aromatic heterocycles. The molecule has 0 atom stereocenters. The van der Waals surface area contributed by atoms with Crippen molar-refractivity contribution in [1.29, 1.82) is 0 Å². The summed E-state index contributed by atoms with van der Waals surface area (Å²) < 4.78 is 13.0. The summed E-state index contributed by atoms with van der Waals surface area (Å²) >= 11 is 11.7. The SMILES string of the molecule is Fc1ccc(C23CC(CCl)(C2)C3)cc1Cl. The Morgan fingerprint density at radius 2 is 1.93 bits per heavy atom. The molecule has 0 amide bonds. The van der Waals surface area contributed by atoms with Crippen molar-refractivity contribution in [3.8, 4) is 0 Å². The predicted molar refractivity (Wildman–Crippen MR) is 60.1 cm³/mol. The molecule has 0 saturated heterocycles. The first kappa shape index (κ1) is 9.92. The Bertz CT molecular complexity index is 408. The lowest BCUT2D eigenvalue weighted by Crippen LogP contribution is -2.65. The van der Waals surface area contributed by atoms with Gasteiger partial charge in [0.15, 0.2) is 0 Å². The molecule has 0 aliphatic heterocycles. The van der Waals surface area contributed by atoms with Gasteiger partial charge in [0.1, 0.15) is 5.82 Å². The van der Waals surface area contributed by atoms with Gasteiger partial charge in [-0.25, -0.2) is 4.39 Å². The zero-order valence-electron chi connectivity index (χ0n) is 8.19. The third-order valence-electron chi connectivity index (χ3n) is 3.96. The molecule has 4 rings (SSSR count). The van der Waals surface area contributed by atoms with Crippen LogP contribution in [0.25, 0.3) is 0 Å². The zero-order valence-corrected chi connectivity index (χ0v) is 9.71. The number of hydrogen-bond acceptors (Lipinski definition) is 0. The number of halogens is 3. The lowest BCUT2D eigenvalue weighted by atomic mass is 9.34. The minimum absolute atomic E-state index is 0.233. The second kappa shape index (κ2) is 2.89. The van der Waals surface area contributed by atoms with E-state index < -0.39 is 0 Å². The van der Waals surface area contributed by atoms with E-state index in [0.29, 0.717) is 5.41 Å². The fourth-order valence-corrected chi connectivity index (χ4v) is 3.74. The molecule has 80 valence electrons. The molecule has 0 heterocycles. The summed E-state index contributed by atoms with van der Waals surface area (Å²) in [6.45, 7) is 0. The second-order valence-electron chi connectivity index (χ2n) is 5.07. The van der Waals surface area contributed by atoms with E-state index in [4.69, 9.17) is 23.2 Å². The van der Waals surface area contributed by atoms with Crippen molar-refractivity contribution in [2.24, 2.45) is 5.41 Å². The van der Waals surface area contributed by atoms with Crippen LogP contribution in [-0.4, -0.2) is 5.88 Å². The topological polar surface area (TPSA) is 0 Å². The first-order valence-electron chi connectivity index (χ1n) is 5.11. The maximum atomic E-state index is 13.0. The number of alkyl halides is 1. The van der Waals surface area contributed by atoms with Crippen LogP contribution in [-0.2, 0) is 5.41 Å². The molecule has 1 aromatic carbocycles. The molecule has 3 heteroatoms. The van der Waals surface area contributed by atoms with Crippen LogP contribution in [0.5, 0.6) is 0 Å². The maximum Gasteiger partial charge on any atom is 0.141 e. The molecule has 0 spiro atoms. The molecule has 0 nitrogen and oxygen atoms in total. The monoisotopic (exact) mass is 244 g/mol. The second-order valence-corrected chi connectivity index (χ2v) is 5.75. The molecule has 0 N–H and O–H groups in total. The summed E-state index contributed by atoms with van der Waals surface area (Å²) in [5, 5.41) is 0.233. The molecule has 0 unspecified atom stereocenters. The third kappa shape index (κ3) is 1.20. The molecule has 15 heavy (non-hydrogen) atoms. The summed E-state index contributed by atoms with van der Waals surface area (Å²) in [5.74, 6) is 0.419.